The van der Waals surface area contributed by atoms with Crippen LogP contribution in [0.1, 0.15) is 43.4 Å². The minimum Gasteiger partial charge on any atom is -0.495 e. The third-order valence-corrected chi connectivity index (χ3v) is 6.97. The highest BCUT2D eigenvalue weighted by atomic mass is 32.2. The molecule has 0 aromatic heterocycles. The summed E-state index contributed by atoms with van der Waals surface area (Å²) < 4.78 is 33.6. The monoisotopic (exact) mass is 416 g/mol. The van der Waals surface area contributed by atoms with Crippen molar-refractivity contribution in [2.45, 2.75) is 50.8 Å². The number of rotatable bonds is 9. The molecule has 0 bridgehead atoms. The molecule has 0 atom stereocenters. The number of fused-ring (bicyclic) bond motifs is 1. The zero-order valence-electron chi connectivity index (χ0n) is 17.7. The zero-order chi connectivity index (χ0) is 20.9. The van der Waals surface area contributed by atoms with Crippen molar-refractivity contribution >= 4 is 15.7 Å². The fourth-order valence-corrected chi connectivity index (χ4v) is 5.19. The predicted molar refractivity (Wildman–Crippen MR) is 119 cm³/mol. The van der Waals surface area contributed by atoms with Gasteiger partial charge in [0.05, 0.1) is 7.11 Å². The van der Waals surface area contributed by atoms with Crippen LogP contribution in [0.5, 0.6) is 5.75 Å². The molecule has 0 fully saturated rings. The van der Waals surface area contributed by atoms with Crippen LogP contribution in [0.3, 0.4) is 0 Å². The Morgan fingerprint density at radius 2 is 1.90 bits per heavy atom. The highest BCUT2D eigenvalue weighted by Gasteiger charge is 2.20. The Kier molecular flexibility index (Phi) is 7.19. The second-order valence-corrected chi connectivity index (χ2v) is 9.28. The lowest BCUT2D eigenvalue weighted by Gasteiger charge is -2.31. The predicted octanol–water partition coefficient (Wildman–Crippen LogP) is 3.94. The maximum atomic E-state index is 12.8. The number of anilines is 1. The average molecular weight is 417 g/mol. The molecule has 0 saturated heterocycles. The summed E-state index contributed by atoms with van der Waals surface area (Å²) in [4.78, 5) is 2.66. The molecule has 0 saturated carbocycles. The van der Waals surface area contributed by atoms with Gasteiger partial charge in [-0.25, -0.2) is 13.1 Å². The molecule has 158 valence electrons. The highest BCUT2D eigenvalue weighted by molar-refractivity contribution is 7.89. The van der Waals surface area contributed by atoms with E-state index in [1.54, 1.807) is 12.1 Å². The first-order valence-electron chi connectivity index (χ1n) is 10.5. The summed E-state index contributed by atoms with van der Waals surface area (Å²) in [6, 6.07) is 11.9. The van der Waals surface area contributed by atoms with Gasteiger partial charge in [-0.15, -0.1) is 0 Å². The summed E-state index contributed by atoms with van der Waals surface area (Å²) in [5.41, 5.74) is 4.85. The molecule has 0 amide bonds. The van der Waals surface area contributed by atoms with Gasteiger partial charge >= 0.3 is 0 Å². The lowest BCUT2D eigenvalue weighted by Crippen LogP contribution is -2.30. The number of benzene rings is 2. The van der Waals surface area contributed by atoms with E-state index in [-0.39, 0.29) is 4.90 Å². The largest absolute Gasteiger partial charge is 0.495 e. The number of hydrogen-bond acceptors (Lipinski definition) is 4. The van der Waals surface area contributed by atoms with Crippen LogP contribution in [0, 0.1) is 0 Å². The van der Waals surface area contributed by atoms with Gasteiger partial charge in [-0.3, -0.25) is 0 Å². The Balaban J connectivity index is 1.68. The van der Waals surface area contributed by atoms with Gasteiger partial charge in [0.1, 0.15) is 10.6 Å². The number of methoxy groups -OCH3 is 1. The molecule has 6 heteroatoms. The van der Waals surface area contributed by atoms with Crippen molar-refractivity contribution in [3.63, 3.8) is 0 Å². The van der Waals surface area contributed by atoms with Crippen LogP contribution in [0.25, 0.3) is 0 Å². The minimum atomic E-state index is -3.62. The van der Waals surface area contributed by atoms with Gasteiger partial charge in [0.25, 0.3) is 0 Å². The lowest BCUT2D eigenvalue weighted by molar-refractivity contribution is 0.402. The first kappa shape index (κ1) is 21.7. The molecule has 0 aliphatic carbocycles. The van der Waals surface area contributed by atoms with Gasteiger partial charge in [0.15, 0.2) is 0 Å². The number of ether oxygens (including phenoxy) is 1. The normalized spacial score (nSPS) is 14.0. The number of nitrogens with one attached hydrogen (secondary N) is 1. The van der Waals surface area contributed by atoms with Gasteiger partial charge in [-0.2, -0.15) is 0 Å². The Hall–Kier alpha value is -2.05. The molecule has 0 radical (unpaired) electrons. The third-order valence-electron chi connectivity index (χ3n) is 5.48. The summed E-state index contributed by atoms with van der Waals surface area (Å²) >= 11 is 0. The topological polar surface area (TPSA) is 58.6 Å². The molecular formula is C23H32N2O3S. The number of nitrogens with zero attached hydrogens (tertiary/aromatic N) is 1. The maximum Gasteiger partial charge on any atom is 0.244 e. The van der Waals surface area contributed by atoms with Crippen molar-refractivity contribution in [3.05, 3.63) is 53.1 Å². The van der Waals surface area contributed by atoms with Crippen molar-refractivity contribution in [2.24, 2.45) is 0 Å². The van der Waals surface area contributed by atoms with Crippen molar-refractivity contribution in [2.75, 3.05) is 31.6 Å². The summed E-state index contributed by atoms with van der Waals surface area (Å²) in [6.07, 6.45) is 4.85. The first-order chi connectivity index (χ1) is 14.0. The molecule has 1 aliphatic rings. The quantitative estimate of drug-likeness (QED) is 0.673. The van der Waals surface area contributed by atoms with Crippen LogP contribution in [0.15, 0.2) is 41.3 Å². The van der Waals surface area contributed by atoms with Crippen LogP contribution in [-0.4, -0.2) is 35.2 Å². The van der Waals surface area contributed by atoms with E-state index in [1.807, 2.05) is 13.0 Å². The Morgan fingerprint density at radius 3 is 2.62 bits per heavy atom. The fourth-order valence-electron chi connectivity index (χ4n) is 3.94. The van der Waals surface area contributed by atoms with Gasteiger partial charge in [-0.05, 0) is 67.0 Å². The number of sulfonamides is 1. The van der Waals surface area contributed by atoms with Gasteiger partial charge in [0.2, 0.25) is 10.0 Å². The van der Waals surface area contributed by atoms with Crippen LogP contribution in [0.4, 0.5) is 5.69 Å². The molecule has 5 nitrogen and oxygen atoms in total. The van der Waals surface area contributed by atoms with E-state index in [4.69, 9.17) is 4.74 Å². The molecule has 29 heavy (non-hydrogen) atoms. The van der Waals surface area contributed by atoms with Crippen LogP contribution in [-0.2, 0) is 29.3 Å². The summed E-state index contributed by atoms with van der Waals surface area (Å²) in [7, 11) is -2.13. The molecule has 2 aromatic carbocycles. The molecule has 2 aromatic rings. The van der Waals surface area contributed by atoms with E-state index in [9.17, 15) is 8.42 Å². The minimum absolute atomic E-state index is 0.208. The SMILES string of the molecule is CCCN1CCCc2cc(CCNS(=O)(=O)c3cc(CC)ccc3OC)ccc21. The van der Waals surface area contributed by atoms with Gasteiger partial charge in [0, 0.05) is 25.3 Å². The molecule has 1 heterocycles. The standard InChI is InChI=1S/C23H32N2O3S/c1-4-14-25-15-6-7-20-16-19(8-10-21(20)25)12-13-24-29(26,27)23-17-18(5-2)9-11-22(23)28-3/h8-11,16-17,24H,4-7,12-15H2,1-3H3. The van der Waals surface area contributed by atoms with Crippen molar-refractivity contribution in [1.29, 1.82) is 0 Å². The van der Waals surface area contributed by atoms with E-state index >= 15 is 0 Å². The van der Waals surface area contributed by atoms with E-state index in [0.717, 1.165) is 37.9 Å². The fraction of sp³-hybridized carbons (Fsp3) is 0.478. The molecule has 1 aliphatic heterocycles. The van der Waals surface area contributed by atoms with E-state index in [2.05, 4.69) is 34.7 Å². The van der Waals surface area contributed by atoms with Crippen LogP contribution >= 0.6 is 0 Å². The van der Waals surface area contributed by atoms with Crippen molar-refractivity contribution < 1.29 is 13.2 Å². The maximum absolute atomic E-state index is 12.8. The van der Waals surface area contributed by atoms with Gasteiger partial charge < -0.3 is 9.64 Å². The Bertz CT molecular complexity index is 941. The second kappa shape index (κ2) is 9.63. The van der Waals surface area contributed by atoms with Crippen LogP contribution < -0.4 is 14.4 Å². The summed E-state index contributed by atoms with van der Waals surface area (Å²) in [6.45, 7) is 6.78. The summed E-state index contributed by atoms with van der Waals surface area (Å²) in [5.74, 6) is 0.375. The van der Waals surface area contributed by atoms with Crippen molar-refractivity contribution in [1.82, 2.24) is 4.72 Å². The van der Waals surface area contributed by atoms with Gasteiger partial charge in [-0.1, -0.05) is 32.0 Å². The van der Waals surface area contributed by atoms with Crippen LogP contribution in [0.2, 0.25) is 0 Å². The molecule has 3 rings (SSSR count). The van der Waals surface area contributed by atoms with Crippen molar-refractivity contribution in [3.8, 4) is 5.75 Å². The summed E-state index contributed by atoms with van der Waals surface area (Å²) in [5, 5.41) is 0. The molecule has 0 spiro atoms. The van der Waals surface area contributed by atoms with E-state index in [0.29, 0.717) is 18.7 Å². The molecule has 0 unspecified atom stereocenters. The highest BCUT2D eigenvalue weighted by Crippen LogP contribution is 2.28. The van der Waals surface area contributed by atoms with E-state index < -0.39 is 10.0 Å². The number of hydrogen-bond donors (Lipinski definition) is 1. The lowest BCUT2D eigenvalue weighted by atomic mass is 9.98. The number of aryl methyl sites for hydroxylation is 2. The average Bonchev–Trinajstić information content (AvgIpc) is 2.73. The molecular weight excluding hydrogens is 384 g/mol. The Labute approximate surface area is 175 Å². The smallest absolute Gasteiger partial charge is 0.244 e. The third kappa shape index (κ3) is 5.11. The zero-order valence-corrected chi connectivity index (χ0v) is 18.5. The Morgan fingerprint density at radius 1 is 1.10 bits per heavy atom. The van der Waals surface area contributed by atoms with E-state index in [1.165, 1.54) is 30.3 Å². The second-order valence-electron chi connectivity index (χ2n) is 7.54. The first-order valence-corrected chi connectivity index (χ1v) is 12.0. The molecule has 1 N–H and O–H groups in total.